The molecule has 2 rings (SSSR count). The van der Waals surface area contributed by atoms with Crippen molar-refractivity contribution in [3.8, 4) is 11.7 Å². The molecule has 0 fully saturated rings. The molecule has 0 amide bonds. The van der Waals surface area contributed by atoms with Gasteiger partial charge in [0.05, 0.1) is 6.21 Å². The Balaban J connectivity index is 1.98. The molecule has 3 N–H and O–H groups in total. The number of hydrogen-bond acceptors (Lipinski definition) is 4. The van der Waals surface area contributed by atoms with E-state index in [1.807, 2.05) is 30.3 Å². The number of nitrogens with zero attached hydrogens (tertiary/aromatic N) is 1. The summed E-state index contributed by atoms with van der Waals surface area (Å²) < 4.78 is 10.9. The molecule has 0 saturated heterocycles. The van der Waals surface area contributed by atoms with E-state index in [4.69, 9.17) is 14.9 Å². The van der Waals surface area contributed by atoms with Gasteiger partial charge in [0.25, 0.3) is 5.95 Å². The molecule has 0 unspecified atom stereocenters. The largest absolute Gasteiger partial charge is 0.426 e. The van der Waals surface area contributed by atoms with Crippen LogP contribution in [0.4, 0.5) is 0 Å². The molecule has 18 heavy (non-hydrogen) atoms. The van der Waals surface area contributed by atoms with Gasteiger partial charge >= 0.3 is 0 Å². The lowest BCUT2D eigenvalue weighted by atomic mass is 10.3. The van der Waals surface area contributed by atoms with Crippen LogP contribution in [0.5, 0.6) is 11.7 Å². The van der Waals surface area contributed by atoms with Gasteiger partial charge in [-0.3, -0.25) is 5.43 Å². The Bertz CT molecular complexity index is 551. The predicted octanol–water partition coefficient (Wildman–Crippen LogP) is 2.24. The highest BCUT2D eigenvalue weighted by molar-refractivity contribution is 7.80. The van der Waals surface area contributed by atoms with Crippen molar-refractivity contribution in [3.05, 3.63) is 48.2 Å². The van der Waals surface area contributed by atoms with Crippen LogP contribution >= 0.6 is 12.2 Å². The Kier molecular flexibility index (Phi) is 3.93. The van der Waals surface area contributed by atoms with Gasteiger partial charge in [-0.05, 0) is 30.4 Å². The lowest BCUT2D eigenvalue weighted by molar-refractivity contribution is 0.345. The minimum atomic E-state index is 0.0959. The van der Waals surface area contributed by atoms with Crippen LogP contribution in [-0.2, 0) is 0 Å². The lowest BCUT2D eigenvalue weighted by Crippen LogP contribution is -2.23. The summed E-state index contributed by atoms with van der Waals surface area (Å²) in [6.07, 6.45) is 1.46. The lowest BCUT2D eigenvalue weighted by Gasteiger charge is -1.99. The molecule has 0 saturated carbocycles. The van der Waals surface area contributed by atoms with E-state index in [9.17, 15) is 0 Å². The molecule has 6 heteroatoms. The quantitative estimate of drug-likeness (QED) is 0.501. The molecule has 5 nitrogen and oxygen atoms in total. The summed E-state index contributed by atoms with van der Waals surface area (Å²) in [5, 5.41) is 3.87. The number of hydrogen-bond donors (Lipinski definition) is 2. The highest BCUT2D eigenvalue weighted by Gasteiger charge is 2.02. The molecule has 0 aliphatic rings. The maximum absolute atomic E-state index is 5.49. The minimum Gasteiger partial charge on any atom is -0.426 e. The van der Waals surface area contributed by atoms with Gasteiger partial charge in [-0.1, -0.05) is 18.2 Å². The topological polar surface area (TPSA) is 72.8 Å². The Morgan fingerprint density at radius 3 is 2.78 bits per heavy atom. The zero-order chi connectivity index (χ0) is 12.8. The molecule has 92 valence electrons. The van der Waals surface area contributed by atoms with Crippen molar-refractivity contribution in [2.75, 3.05) is 0 Å². The smallest absolute Gasteiger partial charge is 0.290 e. The van der Waals surface area contributed by atoms with Gasteiger partial charge in [0.1, 0.15) is 5.75 Å². The summed E-state index contributed by atoms with van der Waals surface area (Å²) in [6.45, 7) is 0. The van der Waals surface area contributed by atoms with Gasteiger partial charge in [0.2, 0.25) is 0 Å². The molecule has 1 aromatic heterocycles. The van der Waals surface area contributed by atoms with Crippen molar-refractivity contribution >= 4 is 23.5 Å². The second-order valence-electron chi connectivity index (χ2n) is 3.31. The zero-order valence-electron chi connectivity index (χ0n) is 9.37. The minimum absolute atomic E-state index is 0.0959. The van der Waals surface area contributed by atoms with Crippen LogP contribution in [-0.4, -0.2) is 11.3 Å². The normalized spacial score (nSPS) is 10.4. The third kappa shape index (κ3) is 3.60. The fourth-order valence-electron chi connectivity index (χ4n) is 1.22. The molecule has 2 aromatic rings. The third-order valence-corrected chi connectivity index (χ3v) is 2.02. The van der Waals surface area contributed by atoms with Gasteiger partial charge in [-0.15, -0.1) is 0 Å². The Morgan fingerprint density at radius 1 is 1.28 bits per heavy atom. The van der Waals surface area contributed by atoms with E-state index < -0.39 is 0 Å². The van der Waals surface area contributed by atoms with Crippen molar-refractivity contribution in [3.63, 3.8) is 0 Å². The molecule has 0 bridgehead atoms. The highest BCUT2D eigenvalue weighted by Crippen LogP contribution is 2.22. The van der Waals surface area contributed by atoms with E-state index in [1.165, 1.54) is 6.21 Å². The summed E-state index contributed by atoms with van der Waals surface area (Å²) in [5.41, 5.74) is 7.65. The maximum atomic E-state index is 5.49. The highest BCUT2D eigenvalue weighted by atomic mass is 32.1. The van der Waals surface area contributed by atoms with Crippen molar-refractivity contribution < 1.29 is 9.15 Å². The molecule has 0 spiro atoms. The predicted molar refractivity (Wildman–Crippen MR) is 72.7 cm³/mol. The fraction of sp³-hybridized carbons (Fsp3) is 0. The SMILES string of the molecule is NC(=S)N/N=C\c1ccc(Oc2ccccc2)o1. The van der Waals surface area contributed by atoms with Crippen molar-refractivity contribution in [1.82, 2.24) is 5.43 Å². The van der Waals surface area contributed by atoms with E-state index >= 15 is 0 Å². The zero-order valence-corrected chi connectivity index (χ0v) is 10.2. The standard InChI is InChI=1S/C12H11N3O2S/c13-12(18)15-14-8-10-6-7-11(17-10)16-9-4-2-1-3-5-9/h1-8H,(H3,13,15,18)/b14-8-. The Hall–Kier alpha value is -2.34. The Morgan fingerprint density at radius 2 is 2.06 bits per heavy atom. The average Bonchev–Trinajstić information content (AvgIpc) is 2.78. The first kappa shape index (κ1) is 12.1. The number of nitrogens with one attached hydrogen (secondary N) is 1. The second-order valence-corrected chi connectivity index (χ2v) is 3.75. The average molecular weight is 261 g/mol. The van der Waals surface area contributed by atoms with Crippen LogP contribution in [0.25, 0.3) is 0 Å². The van der Waals surface area contributed by atoms with Crippen LogP contribution in [0.1, 0.15) is 5.76 Å². The van der Waals surface area contributed by atoms with Crippen molar-refractivity contribution in [2.45, 2.75) is 0 Å². The van der Waals surface area contributed by atoms with Crippen LogP contribution in [0.3, 0.4) is 0 Å². The van der Waals surface area contributed by atoms with Crippen LogP contribution in [0.15, 0.2) is 52.0 Å². The van der Waals surface area contributed by atoms with Gasteiger partial charge < -0.3 is 14.9 Å². The number of thiocarbonyl (C=S) groups is 1. The van der Waals surface area contributed by atoms with E-state index in [0.717, 1.165) is 0 Å². The number of hydrazone groups is 1. The van der Waals surface area contributed by atoms with Crippen LogP contribution in [0.2, 0.25) is 0 Å². The summed E-state index contributed by atoms with van der Waals surface area (Å²) in [4.78, 5) is 0. The molecular formula is C12H11N3O2S. The molecule has 0 aliphatic carbocycles. The van der Waals surface area contributed by atoms with Crippen LogP contribution in [0, 0.1) is 0 Å². The van der Waals surface area contributed by atoms with Crippen molar-refractivity contribution in [2.24, 2.45) is 10.8 Å². The van der Waals surface area contributed by atoms with E-state index in [2.05, 4.69) is 22.7 Å². The van der Waals surface area contributed by atoms with Gasteiger partial charge in [0, 0.05) is 6.07 Å². The van der Waals surface area contributed by atoms with Gasteiger partial charge in [-0.2, -0.15) is 5.10 Å². The number of nitrogens with two attached hydrogens (primary N) is 1. The second kappa shape index (κ2) is 5.83. The van der Waals surface area contributed by atoms with Crippen LogP contribution < -0.4 is 15.9 Å². The van der Waals surface area contributed by atoms with Gasteiger partial charge in [-0.25, -0.2) is 0 Å². The van der Waals surface area contributed by atoms with Gasteiger partial charge in [0.15, 0.2) is 10.9 Å². The summed E-state index contributed by atoms with van der Waals surface area (Å²) in [6, 6.07) is 12.8. The molecule has 0 aliphatic heterocycles. The van der Waals surface area contributed by atoms with E-state index in [-0.39, 0.29) is 5.11 Å². The maximum Gasteiger partial charge on any atom is 0.290 e. The molecule has 0 atom stereocenters. The number of furan rings is 1. The first-order valence-electron chi connectivity index (χ1n) is 5.15. The third-order valence-electron chi connectivity index (χ3n) is 1.93. The summed E-state index contributed by atoms with van der Waals surface area (Å²) in [5.74, 6) is 1.62. The Labute approximate surface area is 109 Å². The number of rotatable bonds is 4. The number of ether oxygens (including phenoxy) is 1. The molecule has 0 radical (unpaired) electrons. The number of para-hydroxylation sites is 1. The van der Waals surface area contributed by atoms with E-state index in [1.54, 1.807) is 12.1 Å². The number of benzene rings is 1. The molecule has 1 aromatic carbocycles. The monoisotopic (exact) mass is 261 g/mol. The van der Waals surface area contributed by atoms with E-state index in [0.29, 0.717) is 17.5 Å². The molecular weight excluding hydrogens is 250 g/mol. The first-order valence-corrected chi connectivity index (χ1v) is 5.56. The fourth-order valence-corrected chi connectivity index (χ4v) is 1.28. The van der Waals surface area contributed by atoms with Crippen molar-refractivity contribution in [1.29, 1.82) is 0 Å². The summed E-state index contributed by atoms with van der Waals surface area (Å²) >= 11 is 4.60. The first-order chi connectivity index (χ1) is 8.74. The molecule has 1 heterocycles. The summed E-state index contributed by atoms with van der Waals surface area (Å²) in [7, 11) is 0.